The van der Waals surface area contributed by atoms with Crippen molar-refractivity contribution in [2.24, 2.45) is 0 Å². The van der Waals surface area contributed by atoms with Gasteiger partial charge >= 0.3 is 0 Å². The minimum atomic E-state index is -0.251. The second-order valence-electron chi connectivity index (χ2n) is 8.10. The van der Waals surface area contributed by atoms with E-state index in [2.05, 4.69) is 5.32 Å². The SMILES string of the molecule is Cc1ccc(-n2nc(C)c3c(C)cc(=O)n(CC(=O)Nc4c(C)cccc4C)c32)cc1. The summed E-state index contributed by atoms with van der Waals surface area (Å²) in [5, 5.41) is 8.56. The number of carbonyl (C=O) groups excluding carboxylic acids is 1. The van der Waals surface area contributed by atoms with E-state index >= 15 is 0 Å². The normalized spacial score (nSPS) is 11.1. The maximum atomic E-state index is 13.0. The number of rotatable bonds is 4. The second-order valence-corrected chi connectivity index (χ2v) is 8.10. The van der Waals surface area contributed by atoms with Crippen LogP contribution in [0.5, 0.6) is 0 Å². The first-order chi connectivity index (χ1) is 14.8. The Morgan fingerprint density at radius 3 is 2.23 bits per heavy atom. The number of aromatic nitrogens is 3. The average Bonchev–Trinajstić information content (AvgIpc) is 3.06. The van der Waals surface area contributed by atoms with Crippen molar-refractivity contribution in [3.8, 4) is 5.69 Å². The summed E-state index contributed by atoms with van der Waals surface area (Å²) >= 11 is 0. The molecule has 0 unspecified atom stereocenters. The first-order valence-electron chi connectivity index (χ1n) is 10.3. The van der Waals surface area contributed by atoms with Crippen LogP contribution >= 0.6 is 0 Å². The Morgan fingerprint density at radius 1 is 0.935 bits per heavy atom. The van der Waals surface area contributed by atoms with E-state index in [0.29, 0.717) is 5.65 Å². The highest BCUT2D eigenvalue weighted by atomic mass is 16.2. The van der Waals surface area contributed by atoms with Crippen LogP contribution in [0, 0.1) is 34.6 Å². The van der Waals surface area contributed by atoms with Crippen LogP contribution in [0.3, 0.4) is 0 Å². The number of nitrogens with zero attached hydrogens (tertiary/aromatic N) is 3. The number of pyridine rings is 1. The highest BCUT2D eigenvalue weighted by Gasteiger charge is 2.19. The van der Waals surface area contributed by atoms with Crippen LogP contribution in [0.15, 0.2) is 53.3 Å². The Hall–Kier alpha value is -3.67. The van der Waals surface area contributed by atoms with Crippen LogP contribution in [-0.2, 0) is 11.3 Å². The monoisotopic (exact) mass is 414 g/mol. The van der Waals surface area contributed by atoms with Gasteiger partial charge in [-0.25, -0.2) is 4.68 Å². The average molecular weight is 415 g/mol. The molecule has 2 heterocycles. The molecule has 0 saturated heterocycles. The van der Waals surface area contributed by atoms with Crippen LogP contribution in [0.1, 0.15) is 27.9 Å². The van der Waals surface area contributed by atoms with Crippen LogP contribution in [0.25, 0.3) is 16.7 Å². The number of hydrogen-bond donors (Lipinski definition) is 1. The summed E-state index contributed by atoms with van der Waals surface area (Å²) in [7, 11) is 0. The molecule has 6 heteroatoms. The summed E-state index contributed by atoms with van der Waals surface area (Å²) in [6, 6.07) is 15.4. The molecule has 0 aliphatic rings. The number of amides is 1. The van der Waals surface area contributed by atoms with Gasteiger partial charge in [0.15, 0.2) is 0 Å². The lowest BCUT2D eigenvalue weighted by molar-refractivity contribution is -0.116. The van der Waals surface area contributed by atoms with Gasteiger partial charge in [0.05, 0.1) is 11.4 Å². The van der Waals surface area contributed by atoms with Gasteiger partial charge in [-0.2, -0.15) is 5.10 Å². The number of fused-ring (bicyclic) bond motifs is 1. The zero-order chi connectivity index (χ0) is 22.3. The maximum absolute atomic E-state index is 13.0. The van der Waals surface area contributed by atoms with Crippen LogP contribution in [-0.4, -0.2) is 20.3 Å². The van der Waals surface area contributed by atoms with E-state index in [1.165, 1.54) is 4.57 Å². The maximum Gasteiger partial charge on any atom is 0.252 e. The molecule has 0 saturated carbocycles. The Labute approximate surface area is 181 Å². The van der Waals surface area contributed by atoms with Crippen molar-refractivity contribution in [3.63, 3.8) is 0 Å². The van der Waals surface area contributed by atoms with Crippen molar-refractivity contribution < 1.29 is 4.79 Å². The Morgan fingerprint density at radius 2 is 1.58 bits per heavy atom. The standard InChI is InChI=1S/C25H26N4O2/c1-15-9-11-20(12-10-15)29-25-23(19(5)27-29)18(4)13-22(31)28(25)14-21(30)26-24-16(2)7-6-8-17(24)3/h6-13H,14H2,1-5H3,(H,26,30). The summed E-state index contributed by atoms with van der Waals surface area (Å²) in [5.74, 6) is -0.251. The number of aryl methyl sites for hydroxylation is 5. The van der Waals surface area contributed by atoms with Gasteiger partial charge in [0.2, 0.25) is 5.91 Å². The van der Waals surface area contributed by atoms with Crippen molar-refractivity contribution in [1.82, 2.24) is 14.3 Å². The number of hydrogen-bond acceptors (Lipinski definition) is 3. The first kappa shape index (κ1) is 20.6. The van der Waals surface area contributed by atoms with Crippen LogP contribution < -0.4 is 10.9 Å². The molecule has 4 aromatic rings. The highest BCUT2D eigenvalue weighted by molar-refractivity contribution is 5.93. The summed E-state index contributed by atoms with van der Waals surface area (Å²) in [4.78, 5) is 25.9. The van der Waals surface area contributed by atoms with Gasteiger partial charge in [0, 0.05) is 17.1 Å². The molecule has 1 N–H and O–H groups in total. The van der Waals surface area contributed by atoms with Gasteiger partial charge in [-0.15, -0.1) is 0 Å². The van der Waals surface area contributed by atoms with Crippen LogP contribution in [0.2, 0.25) is 0 Å². The van der Waals surface area contributed by atoms with E-state index in [1.807, 2.05) is 77.1 Å². The van der Waals surface area contributed by atoms with E-state index < -0.39 is 0 Å². The number of nitrogens with one attached hydrogen (secondary N) is 1. The molecule has 6 nitrogen and oxygen atoms in total. The van der Waals surface area contributed by atoms with Crippen molar-refractivity contribution in [1.29, 1.82) is 0 Å². The van der Waals surface area contributed by atoms with Crippen LogP contribution in [0.4, 0.5) is 5.69 Å². The van der Waals surface area contributed by atoms with E-state index in [4.69, 9.17) is 5.10 Å². The number of carbonyl (C=O) groups is 1. The molecule has 0 aliphatic carbocycles. The Bertz CT molecular complexity index is 1340. The van der Waals surface area contributed by atoms with Gasteiger partial charge in [-0.3, -0.25) is 14.2 Å². The van der Waals surface area contributed by atoms with Crippen molar-refractivity contribution in [2.45, 2.75) is 41.2 Å². The smallest absolute Gasteiger partial charge is 0.252 e. The minimum absolute atomic E-state index is 0.0968. The molecule has 0 aliphatic heterocycles. The molecule has 0 spiro atoms. The van der Waals surface area contributed by atoms with Gasteiger partial charge in [0.25, 0.3) is 5.56 Å². The molecule has 0 atom stereocenters. The predicted molar refractivity (Wildman–Crippen MR) is 124 cm³/mol. The zero-order valence-corrected chi connectivity index (χ0v) is 18.5. The lowest BCUT2D eigenvalue weighted by atomic mass is 10.1. The van der Waals surface area contributed by atoms with Gasteiger partial charge in [-0.1, -0.05) is 35.9 Å². The number of para-hydroxylation sites is 1. The third-order valence-corrected chi connectivity index (χ3v) is 5.62. The third-order valence-electron chi connectivity index (χ3n) is 5.62. The van der Waals surface area contributed by atoms with E-state index in [-0.39, 0.29) is 18.0 Å². The van der Waals surface area contributed by atoms with Crippen molar-refractivity contribution >= 4 is 22.6 Å². The quantitative estimate of drug-likeness (QED) is 0.539. The summed E-state index contributed by atoms with van der Waals surface area (Å²) < 4.78 is 3.26. The fourth-order valence-corrected chi connectivity index (χ4v) is 4.02. The summed E-state index contributed by atoms with van der Waals surface area (Å²) in [5.41, 5.74) is 6.80. The molecule has 2 aromatic carbocycles. The summed E-state index contributed by atoms with van der Waals surface area (Å²) in [6.07, 6.45) is 0. The highest BCUT2D eigenvalue weighted by Crippen LogP contribution is 2.24. The largest absolute Gasteiger partial charge is 0.324 e. The molecule has 2 aromatic heterocycles. The first-order valence-corrected chi connectivity index (χ1v) is 10.3. The third kappa shape index (κ3) is 3.77. The predicted octanol–water partition coefficient (Wildman–Crippen LogP) is 4.37. The molecular weight excluding hydrogens is 388 g/mol. The van der Waals surface area contributed by atoms with Gasteiger partial charge < -0.3 is 5.32 Å². The molecule has 0 radical (unpaired) electrons. The van der Waals surface area contributed by atoms with Crippen molar-refractivity contribution in [3.05, 3.63) is 86.8 Å². The van der Waals surface area contributed by atoms with E-state index in [0.717, 1.165) is 44.7 Å². The molecule has 0 fully saturated rings. The number of benzene rings is 2. The summed E-state index contributed by atoms with van der Waals surface area (Å²) in [6.45, 7) is 9.66. The molecule has 158 valence electrons. The van der Waals surface area contributed by atoms with Gasteiger partial charge in [0.1, 0.15) is 12.2 Å². The van der Waals surface area contributed by atoms with E-state index in [1.54, 1.807) is 10.7 Å². The van der Waals surface area contributed by atoms with Crippen molar-refractivity contribution in [2.75, 3.05) is 5.32 Å². The van der Waals surface area contributed by atoms with Gasteiger partial charge in [-0.05, 0) is 63.4 Å². The fourth-order valence-electron chi connectivity index (χ4n) is 4.02. The minimum Gasteiger partial charge on any atom is -0.324 e. The molecule has 31 heavy (non-hydrogen) atoms. The fraction of sp³-hybridized carbons (Fsp3) is 0.240. The molecular formula is C25H26N4O2. The second kappa shape index (κ2) is 7.87. The lowest BCUT2D eigenvalue weighted by Gasteiger charge is -2.14. The lowest BCUT2D eigenvalue weighted by Crippen LogP contribution is -2.29. The Balaban J connectivity index is 1.83. The molecule has 1 amide bonds. The Kier molecular flexibility index (Phi) is 5.23. The van der Waals surface area contributed by atoms with E-state index in [9.17, 15) is 9.59 Å². The zero-order valence-electron chi connectivity index (χ0n) is 18.5. The topological polar surface area (TPSA) is 68.9 Å². The number of anilines is 1. The molecule has 0 bridgehead atoms. The molecule has 4 rings (SSSR count).